The van der Waals surface area contributed by atoms with Crippen LogP contribution in [0.1, 0.15) is 39.5 Å². The van der Waals surface area contributed by atoms with Crippen LogP contribution < -0.4 is 42.4 Å². The van der Waals surface area contributed by atoms with Crippen molar-refractivity contribution in [3.63, 3.8) is 0 Å². The Hall–Kier alpha value is -1.36. The fourth-order valence-electron chi connectivity index (χ4n) is 1.92. The Balaban J connectivity index is 0. The minimum atomic E-state index is -6.09. The average molecular weight is 1060 g/mol. The Morgan fingerprint density at radius 1 is 0.560 bits per heavy atom. The van der Waals surface area contributed by atoms with Gasteiger partial charge in [0.25, 0.3) is 0 Å². The Bertz CT molecular complexity index is 1600. The predicted molar refractivity (Wildman–Crippen MR) is 133 cm³/mol. The molecule has 0 aliphatic carbocycles. The van der Waals surface area contributed by atoms with E-state index in [-0.39, 0.29) is 24.4 Å². The largest absolute Gasteiger partial charge is 0.741 e. The molecule has 0 unspecified atom stereocenters. The van der Waals surface area contributed by atoms with Crippen LogP contribution in [0.4, 0.5) is 52.7 Å². The molecule has 0 bridgehead atoms. The van der Waals surface area contributed by atoms with Crippen LogP contribution in [0.25, 0.3) is 0 Å². The summed E-state index contributed by atoms with van der Waals surface area (Å²) in [6.07, 6.45) is 0.741. The molecule has 294 valence electrons. The van der Waals surface area contributed by atoms with E-state index >= 15 is 0 Å². The Labute approximate surface area is 297 Å². The molecule has 0 fully saturated rings. The second-order valence-electron chi connectivity index (χ2n) is 8.07. The summed E-state index contributed by atoms with van der Waals surface area (Å²) in [4.78, 5) is 0. The van der Waals surface area contributed by atoms with Gasteiger partial charge >= 0.3 is 84.7 Å². The van der Waals surface area contributed by atoms with Gasteiger partial charge in [0.15, 0.2) is 47.1 Å². The van der Waals surface area contributed by atoms with Crippen LogP contribution in [-0.2, 0) is 48.8 Å². The smallest absolute Gasteiger partial charge is 0.534 e. The number of hydrogen-bond donors (Lipinski definition) is 0. The van der Waals surface area contributed by atoms with Gasteiger partial charge in [0.2, 0.25) is 0 Å². The lowest BCUT2D eigenvalue weighted by Gasteiger charge is -2.09. The van der Waals surface area contributed by atoms with Gasteiger partial charge in [-0.05, 0) is 37.1 Å². The molecule has 1 aromatic carbocycles. The number of halogens is 14. The van der Waals surface area contributed by atoms with Crippen LogP contribution >= 0.6 is 0 Å². The highest BCUT2D eigenvalue weighted by Crippen LogP contribution is 2.28. The van der Waals surface area contributed by atoms with Crippen LogP contribution in [0, 0.1) is 7.14 Å². The topological polar surface area (TPSA) is 201 Å². The van der Waals surface area contributed by atoms with Gasteiger partial charge in [-0.25, -0.2) is 16.8 Å². The summed E-state index contributed by atoms with van der Waals surface area (Å²) >= 11 is -2.08. The molecule has 0 saturated carbocycles. The zero-order chi connectivity index (χ0) is 40.2. The molecule has 0 aliphatic rings. The minimum absolute atomic E-state index is 0.00439. The highest BCUT2D eigenvalue weighted by molar-refractivity contribution is 7.88. The van der Waals surface area contributed by atoms with Crippen molar-refractivity contribution in [1.29, 1.82) is 0 Å². The molecule has 30 heteroatoms. The molecule has 0 heterocycles. The van der Waals surface area contributed by atoms with Crippen molar-refractivity contribution in [2.45, 2.75) is 61.6 Å². The van der Waals surface area contributed by atoms with Gasteiger partial charge in [0, 0.05) is 12.8 Å². The fraction of sp³-hybridized carbons (Fsp3) is 0.500. The Morgan fingerprint density at radius 3 is 0.940 bits per heavy atom. The summed E-state index contributed by atoms with van der Waals surface area (Å²) < 4.78 is 250. The fourth-order valence-corrected chi connectivity index (χ4v) is 7.12. The van der Waals surface area contributed by atoms with Gasteiger partial charge in [-0.1, -0.05) is 13.8 Å². The second-order valence-corrected chi connectivity index (χ2v) is 18.9. The lowest BCUT2D eigenvalue weighted by molar-refractivity contribution is -0.564. The highest BCUT2D eigenvalue weighted by atomic mass is 127. The zero-order valence-corrected chi connectivity index (χ0v) is 31.7. The molecule has 0 saturated heterocycles. The van der Waals surface area contributed by atoms with Crippen molar-refractivity contribution in [3.05, 3.63) is 51.1 Å². The van der Waals surface area contributed by atoms with Crippen molar-refractivity contribution >= 4 is 40.5 Å². The van der Waals surface area contributed by atoms with E-state index < -0.39 is 105 Å². The van der Waals surface area contributed by atoms with E-state index in [9.17, 15) is 69.5 Å². The summed E-state index contributed by atoms with van der Waals surface area (Å²) in [5.74, 6) is -0.585. The molecule has 50 heavy (non-hydrogen) atoms. The van der Waals surface area contributed by atoms with E-state index in [0.717, 1.165) is 7.14 Å². The molecule has 0 radical (unpaired) electrons. The van der Waals surface area contributed by atoms with E-state index in [0.29, 0.717) is 12.8 Å². The van der Waals surface area contributed by atoms with Crippen molar-refractivity contribution in [2.24, 2.45) is 0 Å². The molecule has 0 aromatic heterocycles. The van der Waals surface area contributed by atoms with Crippen molar-refractivity contribution in [2.75, 3.05) is 0 Å². The van der Waals surface area contributed by atoms with Crippen molar-refractivity contribution < 1.29 is 146 Å². The standard InChI is InChI=1S/C18H20F6I2O6S2.2CHF3O3S/c1-3-5-15(31-33(27,28)17(19,20)21)11-25-13-7-9-14(10-8-13)26-12-16(6-4-2)32-34(29,30)18(22,23)24;2*2-1(3,4)8(5,6)7/h7-12H,3-6H2,1-2H3;2*(H,5,6,7)/q+2;;/p-2/b15-11+,16-12+;;. The molecular formula is C20H20F12I2O12S4. The van der Waals surface area contributed by atoms with E-state index in [2.05, 4.69) is 8.37 Å². The lowest BCUT2D eigenvalue weighted by atomic mass is 10.3. The van der Waals surface area contributed by atoms with Gasteiger partial charge in [-0.3, -0.25) is 0 Å². The molecule has 12 nitrogen and oxygen atoms in total. The summed E-state index contributed by atoms with van der Waals surface area (Å²) in [7, 11) is -23.7. The first-order valence-electron chi connectivity index (χ1n) is 11.8. The van der Waals surface area contributed by atoms with E-state index in [1.165, 1.54) is 8.17 Å². The van der Waals surface area contributed by atoms with Gasteiger partial charge in [0.05, 0.1) is 0 Å². The maximum Gasteiger partial charge on any atom is 0.534 e. The van der Waals surface area contributed by atoms with E-state index in [1.54, 1.807) is 38.1 Å². The first kappa shape index (κ1) is 50.7. The molecule has 0 atom stereocenters. The number of rotatable bonds is 12. The molecule has 0 aliphatic heterocycles. The monoisotopic (exact) mass is 1060 g/mol. The molecule has 1 aromatic rings. The lowest BCUT2D eigenvalue weighted by Crippen LogP contribution is -3.59. The summed E-state index contributed by atoms with van der Waals surface area (Å²) in [6, 6.07) is 6.62. The highest BCUT2D eigenvalue weighted by Gasteiger charge is 2.50. The normalized spacial score (nSPS) is 14.2. The summed E-state index contributed by atoms with van der Waals surface area (Å²) in [5.41, 5.74) is -22.4. The van der Waals surface area contributed by atoms with Gasteiger partial charge < -0.3 is 17.5 Å². The number of hydrogen-bond acceptors (Lipinski definition) is 12. The van der Waals surface area contributed by atoms with Crippen LogP contribution in [0.5, 0.6) is 0 Å². The number of benzene rings is 1. The quantitative estimate of drug-likeness (QED) is 0.0640. The summed E-state index contributed by atoms with van der Waals surface area (Å²) in [6.45, 7) is 3.30. The van der Waals surface area contributed by atoms with E-state index in [1.807, 2.05) is 0 Å². The van der Waals surface area contributed by atoms with Crippen LogP contribution in [0.2, 0.25) is 0 Å². The predicted octanol–water partition coefficient (Wildman–Crippen LogP) is -0.678. The average Bonchev–Trinajstić information content (AvgIpc) is 2.88. The molecule has 0 amide bonds. The third kappa shape index (κ3) is 19.5. The van der Waals surface area contributed by atoms with Gasteiger partial charge in [-0.15, -0.1) is 0 Å². The van der Waals surface area contributed by atoms with Crippen molar-refractivity contribution in [3.8, 4) is 0 Å². The van der Waals surface area contributed by atoms with Crippen LogP contribution in [0.15, 0.2) is 43.9 Å². The number of alkyl halides is 12. The first-order chi connectivity index (χ1) is 22.0. The molecule has 0 N–H and O–H groups in total. The van der Waals surface area contributed by atoms with Crippen LogP contribution in [-0.4, -0.2) is 64.8 Å². The van der Waals surface area contributed by atoms with E-state index in [4.69, 9.17) is 25.9 Å². The van der Waals surface area contributed by atoms with Crippen LogP contribution in [0.3, 0.4) is 0 Å². The molecule has 1 rings (SSSR count). The maximum absolute atomic E-state index is 12.5. The van der Waals surface area contributed by atoms with Gasteiger partial charge in [-0.2, -0.15) is 69.5 Å². The SMILES string of the molecule is CCC/C(=C\[I+]c1ccc([I+]/C=C(\CCC)OS(=O)(=O)C(F)(F)F)cc1)OS(=O)(=O)C(F)(F)F.O=S(=O)([O-])C(F)(F)F.O=S(=O)([O-])C(F)(F)F. The first-order valence-corrected chi connectivity index (χ1v) is 22.1. The van der Waals surface area contributed by atoms with Gasteiger partial charge in [0.1, 0.15) is 0 Å². The third-order valence-corrected chi connectivity index (χ3v) is 12.0. The van der Waals surface area contributed by atoms with Crippen molar-refractivity contribution in [1.82, 2.24) is 0 Å². The summed E-state index contributed by atoms with van der Waals surface area (Å²) in [5, 5.41) is 0. The third-order valence-electron chi connectivity index (χ3n) is 3.97. The maximum atomic E-state index is 12.5. The number of allylic oxidation sites excluding steroid dienone is 2. The molecule has 0 spiro atoms. The zero-order valence-electron chi connectivity index (χ0n) is 24.1. The second kappa shape index (κ2) is 19.6. The Morgan fingerprint density at radius 2 is 0.780 bits per heavy atom. The molecular weight excluding hydrogens is 1040 g/mol. The minimum Gasteiger partial charge on any atom is -0.741 e. The Kier molecular flexibility index (Phi) is 19.9.